The normalized spacial score (nSPS) is 20.5. The van der Waals surface area contributed by atoms with Gasteiger partial charge in [0, 0.05) is 25.6 Å². The number of likely N-dealkylation sites (tertiary alicyclic amines) is 1. The Labute approximate surface area is 115 Å². The fraction of sp³-hybridized carbons (Fsp3) is 0.857. The van der Waals surface area contributed by atoms with E-state index in [1.54, 1.807) is 18.7 Å². The van der Waals surface area contributed by atoms with Crippen LogP contribution >= 0.6 is 0 Å². The molecule has 0 aromatic carbocycles. The zero-order valence-corrected chi connectivity index (χ0v) is 12.4. The quantitative estimate of drug-likeness (QED) is 0.792. The maximum Gasteiger partial charge on any atom is 0.225 e. The van der Waals surface area contributed by atoms with E-state index >= 15 is 0 Å². The van der Waals surface area contributed by atoms with Gasteiger partial charge in [0.1, 0.15) is 0 Å². The molecule has 110 valence electrons. The number of hydrogen-bond donors (Lipinski definition) is 2. The van der Waals surface area contributed by atoms with Crippen molar-refractivity contribution in [2.24, 2.45) is 11.8 Å². The van der Waals surface area contributed by atoms with Crippen LogP contribution in [0.3, 0.4) is 0 Å². The van der Waals surface area contributed by atoms with Gasteiger partial charge in [-0.05, 0) is 26.7 Å². The second-order valence-electron chi connectivity index (χ2n) is 6.31. The van der Waals surface area contributed by atoms with E-state index < -0.39 is 5.60 Å². The number of carbonyl (C=O) groups excluding carboxylic acids is 2. The van der Waals surface area contributed by atoms with Gasteiger partial charge in [0.25, 0.3) is 0 Å². The van der Waals surface area contributed by atoms with Gasteiger partial charge < -0.3 is 15.3 Å². The van der Waals surface area contributed by atoms with Gasteiger partial charge in [0.05, 0.1) is 11.5 Å². The number of rotatable bonds is 4. The number of amides is 2. The van der Waals surface area contributed by atoms with Crippen LogP contribution in [-0.4, -0.2) is 47.1 Å². The van der Waals surface area contributed by atoms with E-state index in [0.717, 1.165) is 19.4 Å². The molecule has 0 spiro atoms. The number of carbonyl (C=O) groups is 2. The maximum absolute atomic E-state index is 12.0. The molecule has 1 rings (SSSR count). The third-order valence-corrected chi connectivity index (χ3v) is 3.29. The number of nitrogens with one attached hydrogen (secondary N) is 1. The first-order valence-corrected chi connectivity index (χ1v) is 6.99. The molecule has 5 nitrogen and oxygen atoms in total. The summed E-state index contributed by atoms with van der Waals surface area (Å²) in [5.74, 6) is -0.139. The summed E-state index contributed by atoms with van der Waals surface area (Å²) in [6.45, 7) is 8.54. The summed E-state index contributed by atoms with van der Waals surface area (Å²) in [5.41, 5.74) is -0.905. The van der Waals surface area contributed by atoms with E-state index in [1.165, 1.54) is 0 Å². The summed E-state index contributed by atoms with van der Waals surface area (Å²) in [7, 11) is 0. The third kappa shape index (κ3) is 5.19. The van der Waals surface area contributed by atoms with E-state index in [2.05, 4.69) is 5.32 Å². The predicted octanol–water partition coefficient (Wildman–Crippen LogP) is 0.768. The Kier molecular flexibility index (Phi) is 5.35. The highest BCUT2D eigenvalue weighted by Crippen LogP contribution is 2.18. The SMILES string of the molecule is CC(C)C(=O)N1CCCC(C(=O)NCC(C)(C)O)C1. The van der Waals surface area contributed by atoms with Crippen molar-refractivity contribution >= 4 is 11.8 Å². The molecule has 0 aromatic rings. The molecule has 1 unspecified atom stereocenters. The number of nitrogens with zero attached hydrogens (tertiary/aromatic N) is 1. The van der Waals surface area contributed by atoms with Crippen LogP contribution in [0.15, 0.2) is 0 Å². The molecule has 0 aromatic heterocycles. The lowest BCUT2D eigenvalue weighted by Gasteiger charge is -2.33. The van der Waals surface area contributed by atoms with E-state index in [0.29, 0.717) is 6.54 Å². The summed E-state index contributed by atoms with van der Waals surface area (Å²) in [4.78, 5) is 25.7. The Hall–Kier alpha value is -1.10. The van der Waals surface area contributed by atoms with E-state index in [-0.39, 0.29) is 30.2 Å². The van der Waals surface area contributed by atoms with Crippen LogP contribution in [0.2, 0.25) is 0 Å². The molecule has 2 N–H and O–H groups in total. The summed E-state index contributed by atoms with van der Waals surface area (Å²) in [5, 5.41) is 12.4. The molecule has 5 heteroatoms. The first kappa shape index (κ1) is 16.0. The molecule has 1 atom stereocenters. The minimum Gasteiger partial charge on any atom is -0.389 e. The van der Waals surface area contributed by atoms with Crippen molar-refractivity contribution in [3.63, 3.8) is 0 Å². The van der Waals surface area contributed by atoms with Gasteiger partial charge in [-0.1, -0.05) is 13.8 Å². The molecule has 0 aliphatic carbocycles. The standard InChI is InChI=1S/C14H26N2O3/c1-10(2)13(18)16-7-5-6-11(8-16)12(17)15-9-14(3,4)19/h10-11,19H,5-9H2,1-4H3,(H,15,17). The van der Waals surface area contributed by atoms with Crippen molar-refractivity contribution in [2.45, 2.75) is 46.1 Å². The van der Waals surface area contributed by atoms with Crippen molar-refractivity contribution in [3.8, 4) is 0 Å². The summed E-state index contributed by atoms with van der Waals surface area (Å²) in [6, 6.07) is 0. The first-order valence-electron chi connectivity index (χ1n) is 6.99. The fourth-order valence-corrected chi connectivity index (χ4v) is 2.20. The second kappa shape index (κ2) is 6.37. The summed E-state index contributed by atoms with van der Waals surface area (Å²) >= 11 is 0. The Balaban J connectivity index is 2.50. The summed E-state index contributed by atoms with van der Waals surface area (Å²) < 4.78 is 0. The number of aliphatic hydroxyl groups is 1. The monoisotopic (exact) mass is 270 g/mol. The van der Waals surface area contributed by atoms with Gasteiger partial charge in [0.15, 0.2) is 0 Å². The highest BCUT2D eigenvalue weighted by atomic mass is 16.3. The van der Waals surface area contributed by atoms with Crippen LogP contribution in [0.1, 0.15) is 40.5 Å². The van der Waals surface area contributed by atoms with Crippen molar-refractivity contribution in [2.75, 3.05) is 19.6 Å². The number of piperidine rings is 1. The largest absolute Gasteiger partial charge is 0.389 e. The molecule has 2 amide bonds. The summed E-state index contributed by atoms with van der Waals surface area (Å²) in [6.07, 6.45) is 1.67. The first-order chi connectivity index (χ1) is 8.70. The van der Waals surface area contributed by atoms with E-state index in [1.807, 2.05) is 13.8 Å². The second-order valence-corrected chi connectivity index (χ2v) is 6.31. The smallest absolute Gasteiger partial charge is 0.225 e. The van der Waals surface area contributed by atoms with Gasteiger partial charge in [-0.25, -0.2) is 0 Å². The van der Waals surface area contributed by atoms with Crippen molar-refractivity contribution in [1.82, 2.24) is 10.2 Å². The van der Waals surface area contributed by atoms with Crippen molar-refractivity contribution < 1.29 is 14.7 Å². The van der Waals surface area contributed by atoms with Crippen LogP contribution in [0.25, 0.3) is 0 Å². The Morgan fingerprint density at radius 2 is 2.05 bits per heavy atom. The molecule has 1 heterocycles. The maximum atomic E-state index is 12.0. The van der Waals surface area contributed by atoms with Crippen molar-refractivity contribution in [3.05, 3.63) is 0 Å². The minimum absolute atomic E-state index is 0.0295. The Morgan fingerprint density at radius 1 is 1.42 bits per heavy atom. The van der Waals surface area contributed by atoms with Crippen LogP contribution in [-0.2, 0) is 9.59 Å². The molecule has 0 radical (unpaired) electrons. The average molecular weight is 270 g/mol. The molecular formula is C14H26N2O3. The van der Waals surface area contributed by atoms with Gasteiger partial charge in [-0.3, -0.25) is 9.59 Å². The zero-order chi connectivity index (χ0) is 14.6. The molecule has 1 saturated heterocycles. The minimum atomic E-state index is -0.905. The Morgan fingerprint density at radius 3 is 2.58 bits per heavy atom. The van der Waals surface area contributed by atoms with Crippen LogP contribution in [0.4, 0.5) is 0 Å². The zero-order valence-electron chi connectivity index (χ0n) is 12.4. The molecular weight excluding hydrogens is 244 g/mol. The van der Waals surface area contributed by atoms with Crippen LogP contribution < -0.4 is 5.32 Å². The van der Waals surface area contributed by atoms with Gasteiger partial charge >= 0.3 is 0 Å². The predicted molar refractivity (Wildman–Crippen MR) is 73.4 cm³/mol. The molecule has 0 saturated carbocycles. The van der Waals surface area contributed by atoms with Crippen LogP contribution in [0, 0.1) is 11.8 Å². The lowest BCUT2D eigenvalue weighted by atomic mass is 9.96. The van der Waals surface area contributed by atoms with E-state index in [9.17, 15) is 14.7 Å². The highest BCUT2D eigenvalue weighted by molar-refractivity contribution is 5.82. The Bertz CT molecular complexity index is 334. The molecule has 19 heavy (non-hydrogen) atoms. The molecule has 0 bridgehead atoms. The molecule has 1 aliphatic heterocycles. The lowest BCUT2D eigenvalue weighted by Crippen LogP contribution is -2.48. The third-order valence-electron chi connectivity index (χ3n) is 3.29. The van der Waals surface area contributed by atoms with E-state index in [4.69, 9.17) is 0 Å². The fourth-order valence-electron chi connectivity index (χ4n) is 2.20. The van der Waals surface area contributed by atoms with Crippen molar-refractivity contribution in [1.29, 1.82) is 0 Å². The molecule has 1 aliphatic rings. The van der Waals surface area contributed by atoms with Gasteiger partial charge in [0.2, 0.25) is 11.8 Å². The topological polar surface area (TPSA) is 69.6 Å². The average Bonchev–Trinajstić information content (AvgIpc) is 2.34. The van der Waals surface area contributed by atoms with Gasteiger partial charge in [-0.15, -0.1) is 0 Å². The number of hydrogen-bond acceptors (Lipinski definition) is 3. The molecule has 1 fully saturated rings. The van der Waals surface area contributed by atoms with Crippen LogP contribution in [0.5, 0.6) is 0 Å². The lowest BCUT2D eigenvalue weighted by molar-refractivity contribution is -0.138. The van der Waals surface area contributed by atoms with Gasteiger partial charge in [-0.2, -0.15) is 0 Å². The highest BCUT2D eigenvalue weighted by Gasteiger charge is 2.29.